The zero-order valence-corrected chi connectivity index (χ0v) is 12.8. The maximum absolute atomic E-state index is 3.78. The molecule has 0 aliphatic heterocycles. The first-order valence-corrected chi connectivity index (χ1v) is 7.65. The molecule has 0 radical (unpaired) electrons. The van der Waals surface area contributed by atoms with Crippen LogP contribution in [0.15, 0.2) is 0 Å². The van der Waals surface area contributed by atoms with Gasteiger partial charge in [0.15, 0.2) is 0 Å². The fourth-order valence-electron chi connectivity index (χ4n) is 3.41. The molecule has 102 valence electrons. The summed E-state index contributed by atoms with van der Waals surface area (Å²) in [6.45, 7) is 15.4. The molecule has 0 spiro atoms. The van der Waals surface area contributed by atoms with Crippen LogP contribution in [-0.2, 0) is 0 Å². The second kappa shape index (κ2) is 6.22. The minimum atomic E-state index is 0.432. The summed E-state index contributed by atoms with van der Waals surface area (Å²) < 4.78 is 0. The van der Waals surface area contributed by atoms with Gasteiger partial charge in [0.05, 0.1) is 0 Å². The van der Waals surface area contributed by atoms with Crippen LogP contribution in [0.3, 0.4) is 0 Å². The maximum Gasteiger partial charge on any atom is 0.0146 e. The minimum Gasteiger partial charge on any atom is -0.313 e. The van der Waals surface area contributed by atoms with E-state index in [9.17, 15) is 0 Å². The summed E-state index contributed by atoms with van der Waals surface area (Å²) in [5.74, 6) is 2.72. The Kier molecular flexibility index (Phi) is 5.50. The van der Waals surface area contributed by atoms with Crippen molar-refractivity contribution in [3.63, 3.8) is 0 Å². The van der Waals surface area contributed by atoms with Gasteiger partial charge >= 0.3 is 0 Å². The van der Waals surface area contributed by atoms with E-state index in [1.54, 1.807) is 0 Å². The lowest BCUT2D eigenvalue weighted by atomic mass is 9.66. The number of rotatable bonds is 5. The van der Waals surface area contributed by atoms with Crippen molar-refractivity contribution in [2.45, 2.75) is 73.3 Å². The Balaban J connectivity index is 2.71. The third-order valence-electron chi connectivity index (χ3n) is 5.29. The predicted octanol–water partition coefficient (Wildman–Crippen LogP) is 4.47. The van der Waals surface area contributed by atoms with Crippen LogP contribution in [0.1, 0.15) is 67.2 Å². The van der Waals surface area contributed by atoms with E-state index in [1.165, 1.54) is 25.7 Å². The first-order valence-electron chi connectivity index (χ1n) is 7.65. The molecule has 1 aliphatic carbocycles. The third kappa shape index (κ3) is 3.71. The maximum atomic E-state index is 3.78. The molecule has 0 aromatic heterocycles. The molecule has 0 amide bonds. The Morgan fingerprint density at radius 3 is 2.24 bits per heavy atom. The van der Waals surface area contributed by atoms with Gasteiger partial charge in [0.2, 0.25) is 0 Å². The van der Waals surface area contributed by atoms with Crippen LogP contribution in [-0.4, -0.2) is 12.6 Å². The summed E-state index contributed by atoms with van der Waals surface area (Å²) in [7, 11) is 0. The van der Waals surface area contributed by atoms with Crippen molar-refractivity contribution < 1.29 is 0 Å². The number of hydrogen-bond acceptors (Lipinski definition) is 1. The summed E-state index contributed by atoms with van der Waals surface area (Å²) in [6, 6.07) is 0.701. The van der Waals surface area contributed by atoms with Crippen LogP contribution in [0.25, 0.3) is 0 Å². The van der Waals surface area contributed by atoms with Crippen molar-refractivity contribution >= 4 is 0 Å². The first kappa shape index (κ1) is 15.0. The van der Waals surface area contributed by atoms with Crippen molar-refractivity contribution in [1.29, 1.82) is 0 Å². The molecule has 0 aromatic carbocycles. The Morgan fingerprint density at radius 1 is 1.12 bits per heavy atom. The Hall–Kier alpha value is -0.0400. The standard InChI is InChI=1S/C16H33N/c1-7-16(5,6)15(17-8-2)14-10-9-12(3)13(4)11-14/h12-15,17H,7-11H2,1-6H3. The molecular weight excluding hydrogens is 206 g/mol. The van der Waals surface area contributed by atoms with Gasteiger partial charge in [0.1, 0.15) is 0 Å². The van der Waals surface area contributed by atoms with Gasteiger partial charge in [0, 0.05) is 6.04 Å². The Bertz CT molecular complexity index is 222. The van der Waals surface area contributed by atoms with Crippen LogP contribution < -0.4 is 5.32 Å². The molecule has 0 saturated heterocycles. The van der Waals surface area contributed by atoms with Crippen molar-refractivity contribution in [2.75, 3.05) is 6.54 Å². The van der Waals surface area contributed by atoms with Gasteiger partial charge in [-0.25, -0.2) is 0 Å². The molecule has 0 aromatic rings. The highest BCUT2D eigenvalue weighted by molar-refractivity contribution is 4.91. The Labute approximate surface area is 109 Å². The van der Waals surface area contributed by atoms with Crippen LogP contribution in [0.5, 0.6) is 0 Å². The molecular formula is C16H33N. The molecule has 1 fully saturated rings. The van der Waals surface area contributed by atoms with Gasteiger partial charge in [-0.2, -0.15) is 0 Å². The van der Waals surface area contributed by atoms with E-state index in [2.05, 4.69) is 46.9 Å². The molecule has 4 unspecified atom stereocenters. The minimum absolute atomic E-state index is 0.432. The molecule has 1 heteroatoms. The summed E-state index contributed by atoms with van der Waals surface area (Å²) in [6.07, 6.45) is 5.54. The van der Waals surface area contributed by atoms with Gasteiger partial charge in [-0.05, 0) is 49.0 Å². The number of hydrogen-bond donors (Lipinski definition) is 1. The highest BCUT2D eigenvalue weighted by atomic mass is 14.9. The smallest absolute Gasteiger partial charge is 0.0146 e. The predicted molar refractivity (Wildman–Crippen MR) is 77.2 cm³/mol. The molecule has 0 heterocycles. The molecule has 1 aliphatic rings. The van der Waals surface area contributed by atoms with Crippen LogP contribution >= 0.6 is 0 Å². The van der Waals surface area contributed by atoms with Crippen molar-refractivity contribution in [2.24, 2.45) is 23.2 Å². The van der Waals surface area contributed by atoms with Gasteiger partial charge in [-0.3, -0.25) is 0 Å². The van der Waals surface area contributed by atoms with E-state index >= 15 is 0 Å². The van der Waals surface area contributed by atoms with E-state index in [1.807, 2.05) is 0 Å². The second-order valence-corrected chi connectivity index (χ2v) is 6.91. The highest BCUT2D eigenvalue weighted by Crippen LogP contribution is 2.40. The average molecular weight is 239 g/mol. The quantitative estimate of drug-likeness (QED) is 0.746. The van der Waals surface area contributed by atoms with E-state index in [0.717, 1.165) is 24.3 Å². The zero-order chi connectivity index (χ0) is 13.1. The monoisotopic (exact) mass is 239 g/mol. The van der Waals surface area contributed by atoms with Gasteiger partial charge in [0.25, 0.3) is 0 Å². The topological polar surface area (TPSA) is 12.0 Å². The molecule has 0 bridgehead atoms. The lowest BCUT2D eigenvalue weighted by Gasteiger charge is -2.44. The molecule has 17 heavy (non-hydrogen) atoms. The fraction of sp³-hybridized carbons (Fsp3) is 1.00. The van der Waals surface area contributed by atoms with Crippen LogP contribution in [0.4, 0.5) is 0 Å². The van der Waals surface area contributed by atoms with Crippen LogP contribution in [0, 0.1) is 23.2 Å². The Morgan fingerprint density at radius 2 is 1.76 bits per heavy atom. The van der Waals surface area contributed by atoms with Crippen LogP contribution in [0.2, 0.25) is 0 Å². The third-order valence-corrected chi connectivity index (χ3v) is 5.29. The van der Waals surface area contributed by atoms with Gasteiger partial charge in [-0.1, -0.05) is 48.0 Å². The van der Waals surface area contributed by atoms with E-state index in [0.29, 0.717) is 11.5 Å². The average Bonchev–Trinajstić information content (AvgIpc) is 2.29. The summed E-state index contributed by atoms with van der Waals surface area (Å²) >= 11 is 0. The second-order valence-electron chi connectivity index (χ2n) is 6.91. The largest absolute Gasteiger partial charge is 0.313 e. The lowest BCUT2D eigenvalue weighted by molar-refractivity contribution is 0.101. The normalized spacial score (nSPS) is 32.5. The SMILES string of the molecule is CCNC(C1CCC(C)C(C)C1)C(C)(C)CC. The number of nitrogens with one attached hydrogen (secondary N) is 1. The molecule has 4 atom stereocenters. The highest BCUT2D eigenvalue weighted by Gasteiger charge is 2.37. The summed E-state index contributed by atoms with van der Waals surface area (Å²) in [5, 5.41) is 3.78. The van der Waals surface area contributed by atoms with E-state index in [4.69, 9.17) is 0 Å². The van der Waals surface area contributed by atoms with E-state index < -0.39 is 0 Å². The van der Waals surface area contributed by atoms with Crippen molar-refractivity contribution in [3.05, 3.63) is 0 Å². The zero-order valence-electron chi connectivity index (χ0n) is 12.8. The van der Waals surface area contributed by atoms with Crippen molar-refractivity contribution in [3.8, 4) is 0 Å². The molecule has 1 rings (SSSR count). The summed E-state index contributed by atoms with van der Waals surface area (Å²) in [5.41, 5.74) is 0.432. The fourth-order valence-corrected chi connectivity index (χ4v) is 3.41. The summed E-state index contributed by atoms with van der Waals surface area (Å²) in [4.78, 5) is 0. The lowest BCUT2D eigenvalue weighted by Crippen LogP contribution is -2.48. The molecule has 1 nitrogen and oxygen atoms in total. The van der Waals surface area contributed by atoms with Gasteiger partial charge < -0.3 is 5.32 Å². The molecule has 1 N–H and O–H groups in total. The van der Waals surface area contributed by atoms with Gasteiger partial charge in [-0.15, -0.1) is 0 Å². The van der Waals surface area contributed by atoms with Crippen molar-refractivity contribution in [1.82, 2.24) is 5.32 Å². The molecule has 1 saturated carbocycles. The first-order chi connectivity index (χ1) is 7.92. The van der Waals surface area contributed by atoms with E-state index in [-0.39, 0.29) is 0 Å².